The highest BCUT2D eigenvalue weighted by atomic mass is 79.9. The van der Waals surface area contributed by atoms with Crippen LogP contribution in [0.25, 0.3) is 0 Å². The maximum absolute atomic E-state index is 5.88. The van der Waals surface area contributed by atoms with Crippen molar-refractivity contribution in [2.45, 2.75) is 12.0 Å². The zero-order valence-corrected chi connectivity index (χ0v) is 10.9. The average molecular weight is 287 g/mol. The molecular formula is C11H15BrN2S. The van der Waals surface area contributed by atoms with E-state index in [0.29, 0.717) is 6.54 Å². The van der Waals surface area contributed by atoms with Gasteiger partial charge >= 0.3 is 0 Å². The second-order valence-corrected chi connectivity index (χ2v) is 5.85. The molecule has 3 N–H and O–H groups in total. The summed E-state index contributed by atoms with van der Waals surface area (Å²) in [5, 5.41) is 3.58. The van der Waals surface area contributed by atoms with Gasteiger partial charge in [0.25, 0.3) is 0 Å². The summed E-state index contributed by atoms with van der Waals surface area (Å²) in [5.74, 6) is 2.31. The highest BCUT2D eigenvalue weighted by Gasteiger charge is 2.33. The molecule has 0 saturated carbocycles. The predicted octanol–water partition coefficient (Wildman–Crippen LogP) is 2.70. The highest BCUT2D eigenvalue weighted by Crippen LogP contribution is 2.33. The summed E-state index contributed by atoms with van der Waals surface area (Å²) in [6, 6.07) is 8.20. The van der Waals surface area contributed by atoms with Crippen molar-refractivity contribution in [3.63, 3.8) is 0 Å². The molecule has 1 fully saturated rings. The van der Waals surface area contributed by atoms with Gasteiger partial charge in [-0.2, -0.15) is 11.8 Å². The maximum atomic E-state index is 5.88. The molecule has 1 saturated heterocycles. The van der Waals surface area contributed by atoms with Gasteiger partial charge in [0.2, 0.25) is 0 Å². The minimum Gasteiger partial charge on any atom is -0.377 e. The molecule has 0 aliphatic carbocycles. The van der Waals surface area contributed by atoms with Crippen LogP contribution in [0.2, 0.25) is 0 Å². The molecule has 15 heavy (non-hydrogen) atoms. The Morgan fingerprint density at radius 3 is 2.87 bits per heavy atom. The molecular weight excluding hydrogens is 272 g/mol. The molecule has 0 bridgehead atoms. The van der Waals surface area contributed by atoms with E-state index in [0.717, 1.165) is 22.3 Å². The third-order valence-electron chi connectivity index (χ3n) is 2.77. The van der Waals surface area contributed by atoms with E-state index in [-0.39, 0.29) is 5.54 Å². The van der Waals surface area contributed by atoms with Gasteiger partial charge in [-0.05, 0) is 40.2 Å². The van der Waals surface area contributed by atoms with Crippen molar-refractivity contribution in [2.24, 2.45) is 5.73 Å². The van der Waals surface area contributed by atoms with E-state index in [1.54, 1.807) is 0 Å². The van der Waals surface area contributed by atoms with E-state index in [2.05, 4.69) is 33.4 Å². The first-order valence-electron chi connectivity index (χ1n) is 5.06. The Morgan fingerprint density at radius 2 is 2.27 bits per heavy atom. The lowest BCUT2D eigenvalue weighted by Gasteiger charge is -2.29. The molecule has 1 aliphatic rings. The van der Waals surface area contributed by atoms with Crippen LogP contribution in [-0.4, -0.2) is 23.6 Å². The second kappa shape index (κ2) is 4.76. The molecule has 1 atom stereocenters. The molecule has 1 unspecified atom stereocenters. The van der Waals surface area contributed by atoms with E-state index in [1.807, 2.05) is 23.9 Å². The normalized spacial score (nSPS) is 25.5. The number of benzene rings is 1. The molecule has 0 spiro atoms. The van der Waals surface area contributed by atoms with Crippen LogP contribution in [0.4, 0.5) is 5.69 Å². The van der Waals surface area contributed by atoms with Crippen LogP contribution in [0.15, 0.2) is 28.7 Å². The van der Waals surface area contributed by atoms with Crippen LogP contribution >= 0.6 is 27.7 Å². The molecule has 4 heteroatoms. The van der Waals surface area contributed by atoms with Gasteiger partial charge in [0.15, 0.2) is 0 Å². The summed E-state index contributed by atoms with van der Waals surface area (Å²) in [6.45, 7) is 0.696. The second-order valence-electron chi connectivity index (χ2n) is 3.89. The number of anilines is 1. The smallest absolute Gasteiger partial charge is 0.0593 e. The summed E-state index contributed by atoms with van der Waals surface area (Å²) >= 11 is 5.52. The monoisotopic (exact) mass is 286 g/mol. The topological polar surface area (TPSA) is 38.0 Å². The van der Waals surface area contributed by atoms with Crippen LogP contribution in [0.3, 0.4) is 0 Å². The Kier molecular flexibility index (Phi) is 3.59. The Balaban J connectivity index is 2.16. The third-order valence-corrected chi connectivity index (χ3v) is 4.71. The van der Waals surface area contributed by atoms with Gasteiger partial charge in [0.1, 0.15) is 0 Å². The van der Waals surface area contributed by atoms with Gasteiger partial charge in [-0.3, -0.25) is 0 Å². The Morgan fingerprint density at radius 1 is 1.47 bits per heavy atom. The zero-order valence-electron chi connectivity index (χ0n) is 8.50. The number of halogens is 1. The molecule has 1 heterocycles. The molecule has 0 aromatic heterocycles. The predicted molar refractivity (Wildman–Crippen MR) is 71.5 cm³/mol. The Labute approximate surface area is 103 Å². The fraction of sp³-hybridized carbons (Fsp3) is 0.455. The Hall–Kier alpha value is -0.190. The van der Waals surface area contributed by atoms with Gasteiger partial charge in [-0.15, -0.1) is 0 Å². The van der Waals surface area contributed by atoms with Crippen LogP contribution < -0.4 is 11.1 Å². The first-order chi connectivity index (χ1) is 7.26. The van der Waals surface area contributed by atoms with Crippen LogP contribution in [0.5, 0.6) is 0 Å². The van der Waals surface area contributed by atoms with Crippen molar-refractivity contribution in [3.05, 3.63) is 28.7 Å². The number of rotatable bonds is 3. The number of hydrogen-bond donors (Lipinski definition) is 2. The molecule has 1 aliphatic heterocycles. The fourth-order valence-corrected chi connectivity index (χ4v) is 3.55. The number of nitrogens with two attached hydrogens (primary N) is 1. The first kappa shape index (κ1) is 11.3. The lowest BCUT2D eigenvalue weighted by Crippen LogP contribution is -2.45. The van der Waals surface area contributed by atoms with E-state index in [9.17, 15) is 0 Å². The van der Waals surface area contributed by atoms with Crippen molar-refractivity contribution < 1.29 is 0 Å². The number of thioether (sulfide) groups is 1. The van der Waals surface area contributed by atoms with E-state index in [1.165, 1.54) is 5.75 Å². The van der Waals surface area contributed by atoms with Crippen LogP contribution in [0.1, 0.15) is 6.42 Å². The molecule has 1 aromatic rings. The molecule has 0 amide bonds. The number of para-hydroxylation sites is 1. The minimum absolute atomic E-state index is 0.0918. The third kappa shape index (κ3) is 2.49. The SMILES string of the molecule is NCC1(Nc2ccccc2Br)CCSC1. The number of hydrogen-bond acceptors (Lipinski definition) is 3. The summed E-state index contributed by atoms with van der Waals surface area (Å²) in [7, 11) is 0. The molecule has 82 valence electrons. The van der Waals surface area contributed by atoms with Crippen molar-refractivity contribution in [1.29, 1.82) is 0 Å². The quantitative estimate of drug-likeness (QED) is 0.897. The largest absolute Gasteiger partial charge is 0.377 e. The zero-order chi connectivity index (χ0) is 10.7. The molecule has 0 radical (unpaired) electrons. The summed E-state index contributed by atoms with van der Waals surface area (Å²) in [4.78, 5) is 0. The van der Waals surface area contributed by atoms with Crippen molar-refractivity contribution >= 4 is 33.4 Å². The van der Waals surface area contributed by atoms with Gasteiger partial charge < -0.3 is 11.1 Å². The van der Waals surface area contributed by atoms with Gasteiger partial charge in [-0.1, -0.05) is 12.1 Å². The maximum Gasteiger partial charge on any atom is 0.0593 e. The number of nitrogens with one attached hydrogen (secondary N) is 1. The molecule has 2 nitrogen and oxygen atoms in total. The van der Waals surface area contributed by atoms with Crippen molar-refractivity contribution in [3.8, 4) is 0 Å². The van der Waals surface area contributed by atoms with Gasteiger partial charge in [0, 0.05) is 22.5 Å². The van der Waals surface area contributed by atoms with E-state index >= 15 is 0 Å². The lowest BCUT2D eigenvalue weighted by molar-refractivity contribution is 0.537. The van der Waals surface area contributed by atoms with Crippen molar-refractivity contribution in [2.75, 3.05) is 23.4 Å². The van der Waals surface area contributed by atoms with Gasteiger partial charge in [0.05, 0.1) is 5.54 Å². The van der Waals surface area contributed by atoms with E-state index in [4.69, 9.17) is 5.73 Å². The highest BCUT2D eigenvalue weighted by molar-refractivity contribution is 9.10. The Bertz CT molecular complexity index is 337. The fourth-order valence-electron chi connectivity index (χ4n) is 1.77. The van der Waals surface area contributed by atoms with Crippen molar-refractivity contribution in [1.82, 2.24) is 0 Å². The minimum atomic E-state index is 0.0918. The van der Waals surface area contributed by atoms with Crippen LogP contribution in [-0.2, 0) is 0 Å². The van der Waals surface area contributed by atoms with Gasteiger partial charge in [-0.25, -0.2) is 0 Å². The summed E-state index contributed by atoms with van der Waals surface area (Å²) < 4.78 is 1.11. The first-order valence-corrected chi connectivity index (χ1v) is 7.01. The van der Waals surface area contributed by atoms with E-state index < -0.39 is 0 Å². The standard InChI is InChI=1S/C11H15BrN2S/c12-9-3-1-2-4-10(9)14-11(7-13)5-6-15-8-11/h1-4,14H,5-8,13H2. The molecule has 1 aromatic carbocycles. The molecule has 2 rings (SSSR count). The average Bonchev–Trinajstić information content (AvgIpc) is 2.71. The summed E-state index contributed by atoms with van der Waals surface area (Å²) in [5.41, 5.74) is 7.11. The summed E-state index contributed by atoms with van der Waals surface area (Å²) in [6.07, 6.45) is 1.15. The van der Waals surface area contributed by atoms with Crippen LogP contribution in [0, 0.1) is 0 Å². The lowest BCUT2D eigenvalue weighted by atomic mass is 9.99.